The Morgan fingerprint density at radius 1 is 1.20 bits per heavy atom. The molecule has 1 heterocycles. The first-order valence-electron chi connectivity index (χ1n) is 7.27. The van der Waals surface area contributed by atoms with E-state index in [1.54, 1.807) is 12.5 Å². The van der Waals surface area contributed by atoms with Gasteiger partial charge in [0.15, 0.2) is 5.78 Å². The second kappa shape index (κ2) is 5.68. The summed E-state index contributed by atoms with van der Waals surface area (Å²) in [6, 6.07) is -0.0514. The quantitative estimate of drug-likeness (QED) is 0.917. The number of nitrogens with one attached hydrogen (secondary N) is 1. The van der Waals surface area contributed by atoms with Gasteiger partial charge in [-0.3, -0.25) is 10.1 Å². The molecule has 1 aromatic rings. The molecule has 1 aromatic heterocycles. The Balaban J connectivity index is 3.24. The fourth-order valence-electron chi connectivity index (χ4n) is 2.11. The fraction of sp³-hybridized carbons (Fsp3) is 0.750. The van der Waals surface area contributed by atoms with Crippen molar-refractivity contribution in [2.24, 2.45) is 5.41 Å². The number of hydrogen-bond acceptors (Lipinski definition) is 3. The normalized spacial score (nSPS) is 14.7. The summed E-state index contributed by atoms with van der Waals surface area (Å²) in [6.07, 6.45) is 3.60. The van der Waals surface area contributed by atoms with E-state index in [1.165, 1.54) is 0 Å². The lowest BCUT2D eigenvalue weighted by Gasteiger charge is -2.32. The Morgan fingerprint density at radius 3 is 2.15 bits per heavy atom. The van der Waals surface area contributed by atoms with Crippen LogP contribution in [0.1, 0.15) is 73.2 Å². The summed E-state index contributed by atoms with van der Waals surface area (Å²) in [6.45, 7) is 16.3. The molecule has 0 amide bonds. The van der Waals surface area contributed by atoms with Crippen molar-refractivity contribution in [3.8, 4) is 0 Å². The standard InChI is InChI=1S/C16H29N3O/c1-11(2)19-10-17-9-12(19)13(18-16(6,7)8)14(20)15(3,4)5/h9-11,13,18H,1-8H3. The molecular weight excluding hydrogens is 250 g/mol. The van der Waals surface area contributed by atoms with E-state index in [-0.39, 0.29) is 23.4 Å². The van der Waals surface area contributed by atoms with E-state index in [2.05, 4.69) is 49.5 Å². The average Bonchev–Trinajstić information content (AvgIpc) is 2.70. The van der Waals surface area contributed by atoms with Gasteiger partial charge in [-0.1, -0.05) is 20.8 Å². The van der Waals surface area contributed by atoms with Crippen molar-refractivity contribution in [2.75, 3.05) is 0 Å². The molecule has 0 aromatic carbocycles. The molecule has 0 aliphatic heterocycles. The summed E-state index contributed by atoms with van der Waals surface area (Å²) in [5, 5.41) is 3.45. The lowest BCUT2D eigenvalue weighted by Crippen LogP contribution is -2.46. The molecule has 1 atom stereocenters. The van der Waals surface area contributed by atoms with Crippen LogP contribution in [0.3, 0.4) is 0 Å². The molecule has 4 heteroatoms. The van der Waals surface area contributed by atoms with Crippen LogP contribution in [-0.4, -0.2) is 20.9 Å². The summed E-state index contributed by atoms with van der Waals surface area (Å²) < 4.78 is 2.06. The molecule has 0 saturated heterocycles. The van der Waals surface area contributed by atoms with Gasteiger partial charge in [-0.25, -0.2) is 4.98 Å². The number of rotatable bonds is 4. The van der Waals surface area contributed by atoms with Gasteiger partial charge < -0.3 is 4.57 Å². The van der Waals surface area contributed by atoms with E-state index in [0.29, 0.717) is 0 Å². The highest BCUT2D eigenvalue weighted by molar-refractivity contribution is 5.89. The van der Waals surface area contributed by atoms with Gasteiger partial charge in [0.25, 0.3) is 0 Å². The number of Topliss-reactive ketones (excluding diaryl/α,β-unsaturated/α-hetero) is 1. The molecule has 20 heavy (non-hydrogen) atoms. The molecule has 1 unspecified atom stereocenters. The Morgan fingerprint density at radius 2 is 1.75 bits per heavy atom. The zero-order valence-corrected chi connectivity index (χ0v) is 14.1. The minimum Gasteiger partial charge on any atom is -0.330 e. The van der Waals surface area contributed by atoms with E-state index in [1.807, 2.05) is 20.8 Å². The SMILES string of the molecule is CC(C)n1cncc1C(NC(C)(C)C)C(=O)C(C)(C)C. The molecule has 0 fully saturated rings. The van der Waals surface area contributed by atoms with E-state index in [9.17, 15) is 4.79 Å². The van der Waals surface area contributed by atoms with Crippen molar-refractivity contribution in [1.82, 2.24) is 14.9 Å². The minimum atomic E-state index is -0.394. The topological polar surface area (TPSA) is 46.9 Å². The van der Waals surface area contributed by atoms with Crippen molar-refractivity contribution in [3.63, 3.8) is 0 Å². The number of imidazole rings is 1. The van der Waals surface area contributed by atoms with Gasteiger partial charge in [0.05, 0.1) is 18.2 Å². The van der Waals surface area contributed by atoms with Gasteiger partial charge in [0, 0.05) is 17.0 Å². The van der Waals surface area contributed by atoms with Crippen LogP contribution in [0.2, 0.25) is 0 Å². The second-order valence-corrected chi connectivity index (χ2v) is 7.76. The van der Waals surface area contributed by atoms with Gasteiger partial charge >= 0.3 is 0 Å². The molecule has 0 aliphatic rings. The van der Waals surface area contributed by atoms with Crippen LogP contribution < -0.4 is 5.32 Å². The Kier molecular flexibility index (Phi) is 4.80. The van der Waals surface area contributed by atoms with Crippen molar-refractivity contribution in [3.05, 3.63) is 18.2 Å². The van der Waals surface area contributed by atoms with Crippen molar-refractivity contribution >= 4 is 5.78 Å². The molecule has 0 saturated carbocycles. The number of aromatic nitrogens is 2. The maximum atomic E-state index is 12.8. The first-order chi connectivity index (χ1) is 8.93. The predicted octanol–water partition coefficient (Wildman–Crippen LogP) is 3.51. The number of ketones is 1. The first kappa shape index (κ1) is 16.9. The van der Waals surface area contributed by atoms with Crippen LogP contribution in [0.4, 0.5) is 0 Å². The number of hydrogen-bond donors (Lipinski definition) is 1. The van der Waals surface area contributed by atoms with Crippen LogP contribution in [0.15, 0.2) is 12.5 Å². The van der Waals surface area contributed by atoms with E-state index >= 15 is 0 Å². The highest BCUT2D eigenvalue weighted by atomic mass is 16.1. The lowest BCUT2D eigenvalue weighted by molar-refractivity contribution is -0.129. The molecular formula is C16H29N3O. The molecule has 4 nitrogen and oxygen atoms in total. The smallest absolute Gasteiger partial charge is 0.161 e. The Labute approximate surface area is 123 Å². The number of carbonyl (C=O) groups excluding carboxylic acids is 1. The van der Waals surface area contributed by atoms with Crippen LogP contribution in [0.5, 0.6) is 0 Å². The van der Waals surface area contributed by atoms with Crippen LogP contribution in [0.25, 0.3) is 0 Å². The van der Waals surface area contributed by atoms with E-state index < -0.39 is 5.41 Å². The first-order valence-corrected chi connectivity index (χ1v) is 7.27. The van der Waals surface area contributed by atoms with E-state index in [4.69, 9.17) is 0 Å². The van der Waals surface area contributed by atoms with Gasteiger partial charge in [-0.15, -0.1) is 0 Å². The summed E-state index contributed by atoms with van der Waals surface area (Å²) in [5.74, 6) is 0.190. The zero-order valence-electron chi connectivity index (χ0n) is 14.1. The monoisotopic (exact) mass is 279 g/mol. The third kappa shape index (κ3) is 4.17. The average molecular weight is 279 g/mol. The van der Waals surface area contributed by atoms with Crippen molar-refractivity contribution in [2.45, 2.75) is 73.0 Å². The largest absolute Gasteiger partial charge is 0.330 e. The van der Waals surface area contributed by atoms with Crippen LogP contribution >= 0.6 is 0 Å². The number of carbonyl (C=O) groups is 1. The maximum Gasteiger partial charge on any atom is 0.161 e. The van der Waals surface area contributed by atoms with Gasteiger partial charge in [-0.05, 0) is 34.6 Å². The van der Waals surface area contributed by atoms with Gasteiger partial charge in [0.1, 0.15) is 6.04 Å². The summed E-state index contributed by atoms with van der Waals surface area (Å²) in [7, 11) is 0. The lowest BCUT2D eigenvalue weighted by atomic mass is 9.84. The fourth-order valence-corrected chi connectivity index (χ4v) is 2.11. The summed E-state index contributed by atoms with van der Waals surface area (Å²) >= 11 is 0. The molecule has 1 rings (SSSR count). The predicted molar refractivity (Wildman–Crippen MR) is 82.7 cm³/mol. The Hall–Kier alpha value is -1.16. The third-order valence-electron chi connectivity index (χ3n) is 3.13. The molecule has 1 N–H and O–H groups in total. The molecule has 0 bridgehead atoms. The minimum absolute atomic E-state index is 0.141. The molecule has 0 spiro atoms. The van der Waals surface area contributed by atoms with Gasteiger partial charge in [0.2, 0.25) is 0 Å². The second-order valence-electron chi connectivity index (χ2n) is 7.76. The molecule has 114 valence electrons. The molecule has 0 aliphatic carbocycles. The molecule has 0 radical (unpaired) electrons. The van der Waals surface area contributed by atoms with Crippen LogP contribution in [0, 0.1) is 5.41 Å². The Bertz CT molecular complexity index is 461. The maximum absolute atomic E-state index is 12.8. The van der Waals surface area contributed by atoms with Crippen molar-refractivity contribution < 1.29 is 4.79 Å². The van der Waals surface area contributed by atoms with Crippen molar-refractivity contribution in [1.29, 1.82) is 0 Å². The van der Waals surface area contributed by atoms with E-state index in [0.717, 1.165) is 5.69 Å². The summed E-state index contributed by atoms with van der Waals surface area (Å²) in [4.78, 5) is 17.0. The van der Waals surface area contributed by atoms with Gasteiger partial charge in [-0.2, -0.15) is 0 Å². The highest BCUT2D eigenvalue weighted by Gasteiger charge is 2.35. The third-order valence-corrected chi connectivity index (χ3v) is 3.13. The highest BCUT2D eigenvalue weighted by Crippen LogP contribution is 2.28. The van der Waals surface area contributed by atoms with Crippen LogP contribution in [-0.2, 0) is 4.79 Å². The summed E-state index contributed by atoms with van der Waals surface area (Å²) in [5.41, 5.74) is 0.405. The zero-order chi connectivity index (χ0) is 15.7. The number of nitrogens with zero attached hydrogens (tertiary/aromatic N) is 2.